The first-order chi connectivity index (χ1) is 23.2. The molecule has 3 heterocycles. The minimum absolute atomic E-state index is 0.231. The lowest BCUT2D eigenvalue weighted by Crippen LogP contribution is -2.55. The van der Waals surface area contributed by atoms with Crippen LogP contribution >= 0.6 is 11.8 Å². The Bertz CT molecular complexity index is 1620. The molecule has 3 aliphatic heterocycles. The van der Waals surface area contributed by atoms with E-state index in [1.807, 2.05) is 73.7 Å². The van der Waals surface area contributed by atoms with E-state index in [9.17, 15) is 19.5 Å². The van der Waals surface area contributed by atoms with Crippen molar-refractivity contribution in [3.8, 4) is 5.75 Å². The van der Waals surface area contributed by atoms with Crippen LogP contribution in [0.4, 0.5) is 17.1 Å². The average molecular weight is 671 g/mol. The maximum absolute atomic E-state index is 14.8. The van der Waals surface area contributed by atoms with Gasteiger partial charge in [-0.15, -0.1) is 11.8 Å². The summed E-state index contributed by atoms with van der Waals surface area (Å²) >= 11 is 1.62. The average Bonchev–Trinajstić information content (AvgIpc) is 3.67. The Balaban J connectivity index is 1.34. The molecule has 3 aliphatic rings. The molecule has 48 heavy (non-hydrogen) atoms. The van der Waals surface area contributed by atoms with Crippen molar-refractivity contribution in [2.75, 3.05) is 41.8 Å². The van der Waals surface area contributed by atoms with Gasteiger partial charge in [0.15, 0.2) is 0 Å². The Morgan fingerprint density at radius 3 is 2.17 bits per heavy atom. The van der Waals surface area contributed by atoms with Crippen molar-refractivity contribution in [3.05, 3.63) is 84.4 Å². The van der Waals surface area contributed by atoms with Crippen LogP contribution in [0.1, 0.15) is 46.1 Å². The number of rotatable bonds is 13. The minimum atomic E-state index is -0.867. The summed E-state index contributed by atoms with van der Waals surface area (Å²) in [5, 5.41) is 17.0. The van der Waals surface area contributed by atoms with Gasteiger partial charge in [0.25, 0.3) is 0 Å². The number of hydrogen-bond donors (Lipinski definition) is 3. The van der Waals surface area contributed by atoms with Crippen molar-refractivity contribution in [2.45, 2.75) is 68.5 Å². The molecule has 3 aromatic rings. The lowest BCUT2D eigenvalue weighted by molar-refractivity contribution is -0.141. The largest absolute Gasteiger partial charge is 0.494 e. The van der Waals surface area contributed by atoms with Crippen LogP contribution in [0.2, 0.25) is 0 Å². The van der Waals surface area contributed by atoms with Crippen LogP contribution < -0.4 is 20.3 Å². The molecule has 3 N–H and O–H groups in total. The summed E-state index contributed by atoms with van der Waals surface area (Å²) < 4.78 is 4.21. The van der Waals surface area contributed by atoms with E-state index in [1.165, 1.54) is 0 Å². The molecule has 1 spiro atoms. The highest BCUT2D eigenvalue weighted by Crippen LogP contribution is 2.71. The summed E-state index contributed by atoms with van der Waals surface area (Å²) in [6.07, 6.45) is 1.71. The van der Waals surface area contributed by atoms with Gasteiger partial charge >= 0.3 is 0 Å². The molecule has 0 aliphatic carbocycles. The summed E-state index contributed by atoms with van der Waals surface area (Å²) in [6.45, 7) is 10.2. The maximum atomic E-state index is 14.8. The van der Waals surface area contributed by atoms with E-state index < -0.39 is 33.4 Å². The monoisotopic (exact) mass is 670 g/mol. The number of ether oxygens (including phenoxy) is 1. The quantitative estimate of drug-likeness (QED) is 0.217. The molecule has 254 valence electrons. The van der Waals surface area contributed by atoms with E-state index in [-0.39, 0.29) is 24.3 Å². The van der Waals surface area contributed by atoms with Crippen LogP contribution in [-0.4, -0.2) is 75.6 Å². The molecule has 3 saturated heterocycles. The number of amides is 3. The molecule has 3 amide bonds. The first-order valence-electron chi connectivity index (χ1n) is 17.0. The van der Waals surface area contributed by atoms with Crippen molar-refractivity contribution in [3.63, 3.8) is 0 Å². The first-order valence-corrected chi connectivity index (χ1v) is 17.9. The van der Waals surface area contributed by atoms with Crippen molar-refractivity contribution >= 4 is 46.5 Å². The van der Waals surface area contributed by atoms with Crippen LogP contribution in [0.5, 0.6) is 5.75 Å². The molecule has 2 bridgehead atoms. The lowest BCUT2D eigenvalue weighted by atomic mass is 9.66. The molecule has 3 fully saturated rings. The summed E-state index contributed by atoms with van der Waals surface area (Å²) in [6, 6.07) is 23.2. The molecule has 9 nitrogen and oxygen atoms in total. The fraction of sp³-hybridized carbons (Fsp3) is 0.447. The molecule has 0 saturated carbocycles. The van der Waals surface area contributed by atoms with E-state index in [1.54, 1.807) is 28.8 Å². The normalized spacial score (nSPS) is 26.2. The number of nitrogens with zero attached hydrogens (tertiary/aromatic N) is 2. The molecular formula is C38H46N4O5S. The second-order valence-corrected chi connectivity index (χ2v) is 15.1. The number of benzene rings is 3. The third kappa shape index (κ3) is 6.05. The van der Waals surface area contributed by atoms with Gasteiger partial charge in [0.05, 0.1) is 35.8 Å². The van der Waals surface area contributed by atoms with Gasteiger partial charge in [0.2, 0.25) is 17.7 Å². The Morgan fingerprint density at radius 1 is 0.938 bits per heavy atom. The zero-order valence-electron chi connectivity index (χ0n) is 28.1. The van der Waals surface area contributed by atoms with Gasteiger partial charge in [-0.1, -0.05) is 30.3 Å². The van der Waals surface area contributed by atoms with Crippen LogP contribution in [0, 0.1) is 11.8 Å². The SMILES string of the molecule is CCOc1ccc(NC(=O)[C@@H]2[C@H]3C(=O)N([C@@H](CO)Cc4ccccc4)C(C(=O)Nc4ccc(N(CC)CC)cc4)C34CC[C@@]2(C)S4)cc1. The Hall–Kier alpha value is -4.02. The van der Waals surface area contributed by atoms with E-state index in [4.69, 9.17) is 4.74 Å². The van der Waals surface area contributed by atoms with Gasteiger partial charge < -0.3 is 30.3 Å². The van der Waals surface area contributed by atoms with Crippen molar-refractivity contribution in [1.82, 2.24) is 4.90 Å². The van der Waals surface area contributed by atoms with Crippen molar-refractivity contribution < 1.29 is 24.2 Å². The molecule has 3 aromatic carbocycles. The maximum Gasteiger partial charge on any atom is 0.248 e. The summed E-state index contributed by atoms with van der Waals surface area (Å²) in [4.78, 5) is 47.3. The number of nitrogens with one attached hydrogen (secondary N) is 2. The number of hydrogen-bond acceptors (Lipinski definition) is 7. The molecule has 10 heteroatoms. The van der Waals surface area contributed by atoms with E-state index in [0.717, 1.165) is 24.3 Å². The van der Waals surface area contributed by atoms with Gasteiger partial charge in [0.1, 0.15) is 11.8 Å². The van der Waals surface area contributed by atoms with Crippen molar-refractivity contribution in [2.24, 2.45) is 11.8 Å². The summed E-state index contributed by atoms with van der Waals surface area (Å²) in [5.74, 6) is -1.43. The number of carbonyl (C=O) groups is 3. The third-order valence-corrected chi connectivity index (χ3v) is 12.3. The third-order valence-electron chi connectivity index (χ3n) is 10.4. The van der Waals surface area contributed by atoms with Gasteiger partial charge in [0, 0.05) is 34.9 Å². The fourth-order valence-corrected chi connectivity index (χ4v) is 10.5. The number of anilines is 3. The van der Waals surface area contributed by atoms with Crippen LogP contribution in [0.3, 0.4) is 0 Å². The molecule has 0 aromatic heterocycles. The second-order valence-electron chi connectivity index (χ2n) is 13.2. The molecule has 6 rings (SSSR count). The minimum Gasteiger partial charge on any atom is -0.494 e. The molecular weight excluding hydrogens is 625 g/mol. The van der Waals surface area contributed by atoms with Crippen molar-refractivity contribution in [1.29, 1.82) is 0 Å². The number of carbonyl (C=O) groups excluding carboxylic acids is 3. The number of likely N-dealkylation sites (tertiary alicyclic amines) is 1. The first kappa shape index (κ1) is 33.9. The number of aliphatic hydroxyl groups excluding tert-OH is 1. The highest BCUT2D eigenvalue weighted by molar-refractivity contribution is 8.02. The number of aliphatic hydroxyl groups is 1. The Labute approximate surface area is 287 Å². The lowest BCUT2D eigenvalue weighted by Gasteiger charge is -2.37. The predicted molar refractivity (Wildman–Crippen MR) is 191 cm³/mol. The van der Waals surface area contributed by atoms with Gasteiger partial charge in [-0.3, -0.25) is 14.4 Å². The van der Waals surface area contributed by atoms with Crippen LogP contribution in [-0.2, 0) is 20.8 Å². The zero-order chi connectivity index (χ0) is 34.1. The number of fused-ring (bicyclic) bond motifs is 1. The highest BCUT2D eigenvalue weighted by Gasteiger charge is 2.77. The molecule has 6 atom stereocenters. The van der Waals surface area contributed by atoms with E-state index in [0.29, 0.717) is 43.0 Å². The fourth-order valence-electron chi connectivity index (χ4n) is 8.17. The molecule has 0 radical (unpaired) electrons. The van der Waals surface area contributed by atoms with Crippen LogP contribution in [0.15, 0.2) is 78.9 Å². The number of thioether (sulfide) groups is 1. The molecule has 2 unspecified atom stereocenters. The summed E-state index contributed by atoms with van der Waals surface area (Å²) in [5.41, 5.74) is 3.28. The smallest absolute Gasteiger partial charge is 0.248 e. The van der Waals surface area contributed by atoms with Gasteiger partial charge in [-0.25, -0.2) is 0 Å². The second kappa shape index (κ2) is 13.8. The summed E-state index contributed by atoms with van der Waals surface area (Å²) in [7, 11) is 0. The topological polar surface area (TPSA) is 111 Å². The predicted octanol–water partition coefficient (Wildman–Crippen LogP) is 5.59. The highest BCUT2D eigenvalue weighted by atomic mass is 32.2. The Kier molecular flexibility index (Phi) is 9.76. The van der Waals surface area contributed by atoms with E-state index >= 15 is 0 Å². The zero-order valence-corrected chi connectivity index (χ0v) is 29.0. The van der Waals surface area contributed by atoms with Gasteiger partial charge in [-0.2, -0.15) is 0 Å². The Morgan fingerprint density at radius 2 is 1.56 bits per heavy atom. The van der Waals surface area contributed by atoms with Crippen LogP contribution in [0.25, 0.3) is 0 Å². The van der Waals surface area contributed by atoms with Gasteiger partial charge in [-0.05, 0) is 101 Å². The van der Waals surface area contributed by atoms with E-state index in [2.05, 4.69) is 36.3 Å². The standard InChI is InChI=1S/C38H46N4O5S/c1-5-41(6-2)28-17-13-26(14-18-28)40-35(45)33-38-22-21-37(4,48-38)31(34(44)39-27-15-19-30(20-16-27)47-7-3)32(38)36(46)42(33)29(24-43)23-25-11-9-8-10-12-25/h8-20,29,31-33,43H,5-7,21-24H2,1-4H3,(H,39,44)(H,40,45)/t29-,31+,32+,33?,37-,38?/m1/s1.